The monoisotopic (exact) mass is 330 g/mol. The average molecular weight is 330 g/mol. The Bertz CT molecular complexity index is 465. The van der Waals surface area contributed by atoms with Crippen molar-refractivity contribution in [1.29, 1.82) is 0 Å². The number of hydrogen-bond donors (Lipinski definition) is 2. The molecular formula is C13H18N2O4S2. The molecule has 1 atom stereocenters. The molecule has 8 heteroatoms. The first-order valence-corrected chi connectivity index (χ1v) is 8.39. The molecule has 21 heavy (non-hydrogen) atoms. The Hall–Kier alpha value is -1.54. The molecule has 6 nitrogen and oxygen atoms in total. The lowest BCUT2D eigenvalue weighted by atomic mass is 10.2. The number of hydrogen-bond acceptors (Lipinski definition) is 5. The van der Waals surface area contributed by atoms with Crippen molar-refractivity contribution in [3.63, 3.8) is 0 Å². The van der Waals surface area contributed by atoms with Gasteiger partial charge in [0.05, 0.1) is 5.75 Å². The normalized spacial score (nSPS) is 11.7. The molecule has 0 bridgehead atoms. The summed E-state index contributed by atoms with van der Waals surface area (Å²) in [5.41, 5.74) is 1.10. The van der Waals surface area contributed by atoms with E-state index in [0.29, 0.717) is 30.9 Å². The third-order valence-corrected chi connectivity index (χ3v) is 4.48. The number of thiophene rings is 1. The Kier molecular flexibility index (Phi) is 7.84. The number of amides is 2. The molecule has 0 radical (unpaired) electrons. The molecule has 0 aliphatic rings. The lowest BCUT2D eigenvalue weighted by molar-refractivity contribution is -0.140. The van der Waals surface area contributed by atoms with Crippen molar-refractivity contribution in [2.45, 2.75) is 19.0 Å². The topological polar surface area (TPSA) is 86.7 Å². The minimum absolute atomic E-state index is 0.00132. The summed E-state index contributed by atoms with van der Waals surface area (Å²) in [6.45, 7) is 0.577. The largest absolute Gasteiger partial charge is 0.480 e. The number of carboxylic acids is 1. The molecule has 0 aliphatic carbocycles. The van der Waals surface area contributed by atoms with Crippen LogP contribution in [0.4, 0.5) is 0 Å². The van der Waals surface area contributed by atoms with E-state index < -0.39 is 12.0 Å². The highest BCUT2D eigenvalue weighted by atomic mass is 32.2. The molecule has 1 unspecified atom stereocenters. The van der Waals surface area contributed by atoms with E-state index in [1.165, 1.54) is 11.8 Å². The summed E-state index contributed by atoms with van der Waals surface area (Å²) in [6.07, 6.45) is 0.670. The van der Waals surface area contributed by atoms with Crippen LogP contribution in [0.15, 0.2) is 16.8 Å². The van der Waals surface area contributed by atoms with Gasteiger partial charge in [-0.2, -0.15) is 23.1 Å². The maximum atomic E-state index is 11.9. The second-order valence-corrected chi connectivity index (χ2v) is 6.28. The minimum Gasteiger partial charge on any atom is -0.480 e. The standard InChI is InChI=1S/C13H18N2O4S2/c1-15(6-10-2-4-20-7-10)12(17)8-21-5-3-11(13(18)19)14-9-16/h2,4,7,9,11H,3,5-6,8H2,1H3,(H,14,16)(H,18,19). The molecule has 0 saturated carbocycles. The van der Waals surface area contributed by atoms with Gasteiger partial charge in [-0.05, 0) is 34.6 Å². The van der Waals surface area contributed by atoms with E-state index in [1.807, 2.05) is 16.8 Å². The van der Waals surface area contributed by atoms with Crippen LogP contribution in [0.5, 0.6) is 0 Å². The molecule has 1 rings (SSSR count). The predicted octanol–water partition coefficient (Wildman–Crippen LogP) is 1.03. The van der Waals surface area contributed by atoms with E-state index in [4.69, 9.17) is 5.11 Å². The summed E-state index contributed by atoms with van der Waals surface area (Å²) in [5.74, 6) is -0.269. The molecule has 0 aromatic carbocycles. The lowest BCUT2D eigenvalue weighted by Gasteiger charge is -2.16. The van der Waals surface area contributed by atoms with E-state index in [1.54, 1.807) is 23.3 Å². The highest BCUT2D eigenvalue weighted by Crippen LogP contribution is 2.11. The van der Waals surface area contributed by atoms with E-state index in [9.17, 15) is 14.4 Å². The Labute approximate surface area is 131 Å². The van der Waals surface area contributed by atoms with E-state index in [-0.39, 0.29) is 5.91 Å². The first-order valence-electron chi connectivity index (χ1n) is 6.30. The van der Waals surface area contributed by atoms with Gasteiger partial charge in [0.2, 0.25) is 12.3 Å². The Morgan fingerprint density at radius 2 is 2.33 bits per heavy atom. The number of carbonyl (C=O) groups excluding carboxylic acids is 2. The molecule has 0 saturated heterocycles. The van der Waals surface area contributed by atoms with Crippen LogP contribution in [0, 0.1) is 0 Å². The van der Waals surface area contributed by atoms with Gasteiger partial charge in [0.15, 0.2) is 0 Å². The van der Waals surface area contributed by atoms with E-state index in [2.05, 4.69) is 5.32 Å². The molecule has 1 aromatic rings. The summed E-state index contributed by atoms with van der Waals surface area (Å²) in [6, 6.07) is 1.08. The molecule has 2 N–H and O–H groups in total. The minimum atomic E-state index is -1.07. The summed E-state index contributed by atoms with van der Waals surface area (Å²) < 4.78 is 0. The highest BCUT2D eigenvalue weighted by Gasteiger charge is 2.16. The Balaban J connectivity index is 2.23. The van der Waals surface area contributed by atoms with Crippen LogP contribution in [-0.4, -0.2) is 52.9 Å². The van der Waals surface area contributed by atoms with Gasteiger partial charge in [-0.25, -0.2) is 4.79 Å². The van der Waals surface area contributed by atoms with Crippen molar-refractivity contribution in [1.82, 2.24) is 10.2 Å². The van der Waals surface area contributed by atoms with Crippen molar-refractivity contribution >= 4 is 41.4 Å². The van der Waals surface area contributed by atoms with E-state index in [0.717, 1.165) is 5.56 Å². The van der Waals surface area contributed by atoms with Gasteiger partial charge in [0.25, 0.3) is 0 Å². The number of thioether (sulfide) groups is 1. The summed E-state index contributed by atoms with van der Waals surface area (Å²) in [5, 5.41) is 15.0. The summed E-state index contributed by atoms with van der Waals surface area (Å²) >= 11 is 2.96. The fourth-order valence-electron chi connectivity index (χ4n) is 1.58. The molecule has 116 valence electrons. The molecule has 0 aliphatic heterocycles. The van der Waals surface area contributed by atoms with Crippen molar-refractivity contribution in [3.8, 4) is 0 Å². The maximum Gasteiger partial charge on any atom is 0.326 e. The van der Waals surface area contributed by atoms with Gasteiger partial charge < -0.3 is 15.3 Å². The van der Waals surface area contributed by atoms with Crippen molar-refractivity contribution < 1.29 is 19.5 Å². The summed E-state index contributed by atoms with van der Waals surface area (Å²) in [4.78, 5) is 34.6. The van der Waals surface area contributed by atoms with Crippen molar-refractivity contribution in [2.75, 3.05) is 18.6 Å². The zero-order chi connectivity index (χ0) is 15.7. The fourth-order valence-corrected chi connectivity index (χ4v) is 3.18. The summed E-state index contributed by atoms with van der Waals surface area (Å²) in [7, 11) is 1.74. The Morgan fingerprint density at radius 1 is 1.57 bits per heavy atom. The number of nitrogens with zero attached hydrogens (tertiary/aromatic N) is 1. The Morgan fingerprint density at radius 3 is 2.90 bits per heavy atom. The molecule has 2 amide bonds. The number of carboxylic acid groups (broad SMARTS) is 1. The smallest absolute Gasteiger partial charge is 0.326 e. The quantitative estimate of drug-likeness (QED) is 0.494. The van der Waals surface area contributed by atoms with Gasteiger partial charge in [0, 0.05) is 13.6 Å². The van der Waals surface area contributed by atoms with E-state index >= 15 is 0 Å². The number of aliphatic carboxylic acids is 1. The zero-order valence-electron chi connectivity index (χ0n) is 11.7. The molecule has 0 fully saturated rings. The number of rotatable bonds is 10. The average Bonchev–Trinajstić information content (AvgIpc) is 2.94. The van der Waals surface area contributed by atoms with Crippen LogP contribution in [0.25, 0.3) is 0 Å². The second kappa shape index (κ2) is 9.41. The van der Waals surface area contributed by atoms with Crippen LogP contribution in [0.3, 0.4) is 0 Å². The van der Waals surface area contributed by atoms with Crippen molar-refractivity contribution in [2.24, 2.45) is 0 Å². The van der Waals surface area contributed by atoms with Gasteiger partial charge in [-0.15, -0.1) is 0 Å². The van der Waals surface area contributed by atoms with Crippen LogP contribution < -0.4 is 5.32 Å². The van der Waals surface area contributed by atoms with Crippen LogP contribution in [0.2, 0.25) is 0 Å². The molecule has 1 aromatic heterocycles. The molecular weight excluding hydrogens is 312 g/mol. The number of carbonyl (C=O) groups is 3. The van der Waals surface area contributed by atoms with Crippen LogP contribution in [-0.2, 0) is 20.9 Å². The molecule has 0 spiro atoms. The zero-order valence-corrected chi connectivity index (χ0v) is 13.3. The first kappa shape index (κ1) is 17.5. The second-order valence-electron chi connectivity index (χ2n) is 4.40. The maximum absolute atomic E-state index is 11.9. The SMILES string of the molecule is CN(Cc1ccsc1)C(=O)CSCCC(NC=O)C(=O)O. The van der Waals surface area contributed by atoms with Gasteiger partial charge in [-0.1, -0.05) is 0 Å². The van der Waals surface area contributed by atoms with Gasteiger partial charge in [0.1, 0.15) is 6.04 Å². The predicted molar refractivity (Wildman–Crippen MR) is 83.4 cm³/mol. The van der Waals surface area contributed by atoms with Gasteiger partial charge in [-0.3, -0.25) is 9.59 Å². The highest BCUT2D eigenvalue weighted by molar-refractivity contribution is 7.99. The molecule has 1 heterocycles. The van der Waals surface area contributed by atoms with Gasteiger partial charge >= 0.3 is 5.97 Å². The van der Waals surface area contributed by atoms with Crippen LogP contribution >= 0.6 is 23.1 Å². The number of nitrogens with one attached hydrogen (secondary N) is 1. The van der Waals surface area contributed by atoms with Crippen LogP contribution in [0.1, 0.15) is 12.0 Å². The fraction of sp³-hybridized carbons (Fsp3) is 0.462. The third kappa shape index (κ3) is 6.63. The van der Waals surface area contributed by atoms with Crippen molar-refractivity contribution in [3.05, 3.63) is 22.4 Å². The lowest BCUT2D eigenvalue weighted by Crippen LogP contribution is -2.36. The third-order valence-electron chi connectivity index (χ3n) is 2.77. The first-order chi connectivity index (χ1) is 10.0.